The molecular weight excluding hydrogens is 220 g/mol. The van der Waals surface area contributed by atoms with Gasteiger partial charge >= 0.3 is 11.7 Å². The van der Waals surface area contributed by atoms with Gasteiger partial charge in [-0.3, -0.25) is 24.8 Å². The first-order valence-electron chi connectivity index (χ1n) is 4.09. The predicted octanol–water partition coefficient (Wildman–Crippen LogP) is -0.779. The molecule has 0 saturated carbocycles. The summed E-state index contributed by atoms with van der Waals surface area (Å²) >= 11 is 0. The molecule has 1 amide bonds. The molecule has 0 unspecified atom stereocenters. The highest BCUT2D eigenvalue weighted by Gasteiger charge is 2.22. The Hall–Kier alpha value is -2.45. The third-order valence-corrected chi connectivity index (χ3v) is 1.66. The summed E-state index contributed by atoms with van der Waals surface area (Å²) in [6.45, 7) is -0.370. The van der Waals surface area contributed by atoms with Crippen molar-refractivity contribution in [2.75, 3.05) is 13.7 Å². The van der Waals surface area contributed by atoms with Crippen LogP contribution in [0.1, 0.15) is 10.5 Å². The summed E-state index contributed by atoms with van der Waals surface area (Å²) in [5.74, 6) is -1.45. The average Bonchev–Trinajstić information content (AvgIpc) is 2.74. The van der Waals surface area contributed by atoms with E-state index in [4.69, 9.17) is 0 Å². The largest absolute Gasteiger partial charge is 0.468 e. The van der Waals surface area contributed by atoms with E-state index in [-0.39, 0.29) is 12.2 Å². The van der Waals surface area contributed by atoms with Gasteiger partial charge in [0.2, 0.25) is 5.69 Å². The molecule has 0 bridgehead atoms. The summed E-state index contributed by atoms with van der Waals surface area (Å²) in [5, 5.41) is 18.1. The van der Waals surface area contributed by atoms with Gasteiger partial charge in [-0.1, -0.05) is 0 Å². The Kier molecular flexibility index (Phi) is 3.53. The molecule has 1 rings (SSSR count). The van der Waals surface area contributed by atoms with E-state index in [2.05, 4.69) is 20.3 Å². The summed E-state index contributed by atoms with van der Waals surface area (Å²) in [7, 11) is 1.16. The number of nitro groups is 1. The minimum Gasteiger partial charge on any atom is -0.468 e. The molecule has 0 aromatic carbocycles. The number of H-pyrrole nitrogens is 1. The lowest BCUT2D eigenvalue weighted by Crippen LogP contribution is -2.30. The number of carbonyl (C=O) groups excluding carboxylic acids is 2. The first-order chi connectivity index (χ1) is 7.56. The number of methoxy groups -OCH3 is 1. The lowest BCUT2D eigenvalue weighted by atomic mass is 10.3. The van der Waals surface area contributed by atoms with Gasteiger partial charge in [0.25, 0.3) is 5.91 Å². The van der Waals surface area contributed by atoms with Crippen LogP contribution in [0.3, 0.4) is 0 Å². The predicted molar refractivity (Wildman–Crippen MR) is 49.6 cm³/mol. The number of hydrogen-bond acceptors (Lipinski definition) is 6. The van der Waals surface area contributed by atoms with Crippen LogP contribution < -0.4 is 5.32 Å². The van der Waals surface area contributed by atoms with E-state index < -0.39 is 22.5 Å². The molecule has 1 aromatic rings. The summed E-state index contributed by atoms with van der Waals surface area (Å²) in [5.41, 5.74) is -0.767. The van der Waals surface area contributed by atoms with Crippen LogP contribution in [0.25, 0.3) is 0 Å². The molecule has 0 aliphatic carbocycles. The standard InChI is InChI=1S/C7H8N4O5/c1-16-5(12)3-8-7(13)6-4(11(14)15)2-9-10-6/h2H,3H2,1H3,(H,8,13)(H,9,10). The van der Waals surface area contributed by atoms with Gasteiger partial charge in [-0.15, -0.1) is 0 Å². The third-order valence-electron chi connectivity index (χ3n) is 1.66. The van der Waals surface area contributed by atoms with E-state index in [0.29, 0.717) is 0 Å². The number of ether oxygens (including phenoxy) is 1. The van der Waals surface area contributed by atoms with Crippen molar-refractivity contribution < 1.29 is 19.2 Å². The van der Waals surface area contributed by atoms with E-state index >= 15 is 0 Å². The Morgan fingerprint density at radius 1 is 1.69 bits per heavy atom. The first-order valence-corrected chi connectivity index (χ1v) is 4.09. The van der Waals surface area contributed by atoms with Gasteiger partial charge in [0.1, 0.15) is 12.7 Å². The lowest BCUT2D eigenvalue weighted by molar-refractivity contribution is -0.385. The molecule has 0 fully saturated rings. The maximum absolute atomic E-state index is 11.4. The molecule has 86 valence electrons. The monoisotopic (exact) mass is 228 g/mol. The molecule has 0 radical (unpaired) electrons. The van der Waals surface area contributed by atoms with Crippen LogP contribution in [0.5, 0.6) is 0 Å². The molecule has 16 heavy (non-hydrogen) atoms. The fraction of sp³-hybridized carbons (Fsp3) is 0.286. The Bertz CT molecular complexity index is 426. The van der Waals surface area contributed by atoms with E-state index in [1.165, 1.54) is 0 Å². The van der Waals surface area contributed by atoms with Crippen LogP contribution in [-0.4, -0.2) is 40.7 Å². The lowest BCUT2D eigenvalue weighted by Gasteiger charge is -2.00. The number of aromatic nitrogens is 2. The van der Waals surface area contributed by atoms with Crippen LogP contribution in [0, 0.1) is 10.1 Å². The topological polar surface area (TPSA) is 127 Å². The highest BCUT2D eigenvalue weighted by molar-refractivity contribution is 5.97. The molecule has 0 saturated heterocycles. The van der Waals surface area contributed by atoms with Crippen molar-refractivity contribution in [2.24, 2.45) is 0 Å². The SMILES string of the molecule is COC(=O)CNC(=O)c1[nH]ncc1[N+](=O)[O-]. The van der Waals surface area contributed by atoms with E-state index in [1.807, 2.05) is 0 Å². The van der Waals surface area contributed by atoms with Gasteiger partial charge in [-0.05, 0) is 0 Å². The second-order valence-electron chi connectivity index (χ2n) is 2.65. The Morgan fingerprint density at radius 3 is 2.94 bits per heavy atom. The molecule has 9 heteroatoms. The van der Waals surface area contributed by atoms with Gasteiger partial charge in [0, 0.05) is 0 Å². The molecule has 9 nitrogen and oxygen atoms in total. The minimum absolute atomic E-state index is 0.311. The molecule has 0 aliphatic rings. The number of amides is 1. The summed E-state index contributed by atoms with van der Waals surface area (Å²) in [6.07, 6.45) is 0.910. The number of aromatic amines is 1. The van der Waals surface area contributed by atoms with Crippen molar-refractivity contribution in [3.05, 3.63) is 22.0 Å². The van der Waals surface area contributed by atoms with E-state index in [1.54, 1.807) is 0 Å². The Labute approximate surface area is 88.9 Å². The van der Waals surface area contributed by atoms with Crippen molar-refractivity contribution in [3.63, 3.8) is 0 Å². The molecule has 0 aliphatic heterocycles. The minimum atomic E-state index is -0.797. The quantitative estimate of drug-likeness (QED) is 0.395. The summed E-state index contributed by atoms with van der Waals surface area (Å²) in [4.78, 5) is 31.8. The van der Waals surface area contributed by atoms with Crippen molar-refractivity contribution in [2.45, 2.75) is 0 Å². The zero-order chi connectivity index (χ0) is 12.1. The smallest absolute Gasteiger partial charge is 0.325 e. The summed E-state index contributed by atoms with van der Waals surface area (Å²) in [6, 6.07) is 0. The zero-order valence-corrected chi connectivity index (χ0v) is 8.22. The average molecular weight is 228 g/mol. The maximum Gasteiger partial charge on any atom is 0.325 e. The number of nitrogens with one attached hydrogen (secondary N) is 2. The van der Waals surface area contributed by atoms with Crippen molar-refractivity contribution >= 4 is 17.6 Å². The van der Waals surface area contributed by atoms with Crippen LogP contribution in [-0.2, 0) is 9.53 Å². The second kappa shape index (κ2) is 4.87. The third kappa shape index (κ3) is 2.53. The zero-order valence-electron chi connectivity index (χ0n) is 8.22. The van der Waals surface area contributed by atoms with Crippen molar-refractivity contribution in [1.82, 2.24) is 15.5 Å². The van der Waals surface area contributed by atoms with Gasteiger partial charge in [-0.2, -0.15) is 5.10 Å². The molecular formula is C7H8N4O5. The van der Waals surface area contributed by atoms with Crippen LogP contribution in [0.2, 0.25) is 0 Å². The molecule has 2 N–H and O–H groups in total. The molecule has 1 aromatic heterocycles. The number of carbonyl (C=O) groups is 2. The van der Waals surface area contributed by atoms with Gasteiger partial charge in [0.05, 0.1) is 12.0 Å². The van der Waals surface area contributed by atoms with Crippen molar-refractivity contribution in [3.8, 4) is 0 Å². The van der Waals surface area contributed by atoms with Gasteiger partial charge < -0.3 is 10.1 Å². The Balaban J connectivity index is 2.70. The fourth-order valence-corrected chi connectivity index (χ4v) is 0.898. The second-order valence-corrected chi connectivity index (χ2v) is 2.65. The number of hydrogen-bond donors (Lipinski definition) is 2. The highest BCUT2D eigenvalue weighted by atomic mass is 16.6. The number of rotatable bonds is 4. The van der Waals surface area contributed by atoms with Crippen LogP contribution in [0.4, 0.5) is 5.69 Å². The van der Waals surface area contributed by atoms with E-state index in [0.717, 1.165) is 13.3 Å². The highest BCUT2D eigenvalue weighted by Crippen LogP contribution is 2.13. The fourth-order valence-electron chi connectivity index (χ4n) is 0.898. The van der Waals surface area contributed by atoms with Crippen LogP contribution in [0.15, 0.2) is 6.20 Å². The van der Waals surface area contributed by atoms with Gasteiger partial charge in [-0.25, -0.2) is 0 Å². The maximum atomic E-state index is 11.4. The molecule has 0 atom stereocenters. The summed E-state index contributed by atoms with van der Waals surface area (Å²) < 4.78 is 4.28. The molecule has 0 spiro atoms. The first kappa shape index (κ1) is 11.6. The Morgan fingerprint density at radius 2 is 2.38 bits per heavy atom. The van der Waals surface area contributed by atoms with E-state index in [9.17, 15) is 19.7 Å². The van der Waals surface area contributed by atoms with Gasteiger partial charge in [0.15, 0.2) is 0 Å². The van der Waals surface area contributed by atoms with Crippen LogP contribution >= 0.6 is 0 Å². The van der Waals surface area contributed by atoms with Crippen molar-refractivity contribution in [1.29, 1.82) is 0 Å². The number of nitrogens with zero attached hydrogens (tertiary/aromatic N) is 2. The molecule has 1 heterocycles. The normalized spacial score (nSPS) is 9.56. The number of esters is 1.